The van der Waals surface area contributed by atoms with E-state index in [9.17, 15) is 9.18 Å². The van der Waals surface area contributed by atoms with Gasteiger partial charge in [0.15, 0.2) is 0 Å². The molecule has 1 aliphatic heterocycles. The molecule has 0 saturated carbocycles. The van der Waals surface area contributed by atoms with Crippen molar-refractivity contribution < 1.29 is 9.18 Å². The molecule has 1 saturated heterocycles. The number of likely N-dealkylation sites (tertiary alicyclic amines) is 1. The first-order valence-electron chi connectivity index (χ1n) is 7.79. The van der Waals surface area contributed by atoms with Gasteiger partial charge in [0.2, 0.25) is 5.91 Å². The highest BCUT2D eigenvalue weighted by atomic mass is 19.1. The number of nitrogens with one attached hydrogen (secondary N) is 1. The summed E-state index contributed by atoms with van der Waals surface area (Å²) in [5, 5.41) is 2.95. The average Bonchev–Trinajstić information content (AvgIpc) is 2.43. The summed E-state index contributed by atoms with van der Waals surface area (Å²) in [6.45, 7) is 7.55. The number of nitrogens with zero attached hydrogens (tertiary/aromatic N) is 1. The maximum absolute atomic E-state index is 14.3. The molecule has 2 atom stereocenters. The molecular formula is C17H25FN2O. The summed E-state index contributed by atoms with van der Waals surface area (Å²) in [7, 11) is 0. The molecule has 0 aliphatic carbocycles. The van der Waals surface area contributed by atoms with Crippen LogP contribution in [0.5, 0.6) is 0 Å². The topological polar surface area (TPSA) is 32.3 Å². The lowest BCUT2D eigenvalue weighted by Gasteiger charge is -2.36. The van der Waals surface area contributed by atoms with Gasteiger partial charge < -0.3 is 5.32 Å². The van der Waals surface area contributed by atoms with Gasteiger partial charge in [-0.3, -0.25) is 9.69 Å². The number of para-hydroxylation sites is 1. The molecule has 1 aromatic rings. The van der Waals surface area contributed by atoms with Crippen molar-refractivity contribution in [2.24, 2.45) is 0 Å². The number of alkyl halides is 1. The van der Waals surface area contributed by atoms with Crippen LogP contribution in [0.1, 0.15) is 37.3 Å². The Balaban J connectivity index is 2.17. The predicted octanol–water partition coefficient (Wildman–Crippen LogP) is 3.45. The second-order valence-corrected chi connectivity index (χ2v) is 5.90. The van der Waals surface area contributed by atoms with E-state index < -0.39 is 12.2 Å². The van der Waals surface area contributed by atoms with Crippen LogP contribution in [0.3, 0.4) is 0 Å². The molecular weight excluding hydrogens is 267 g/mol. The molecule has 1 fully saturated rings. The smallest absolute Gasteiger partial charge is 0.244 e. The molecule has 1 N–H and O–H groups in total. The van der Waals surface area contributed by atoms with Crippen LogP contribution in [-0.4, -0.2) is 36.1 Å². The third kappa shape index (κ3) is 3.62. The molecule has 1 heterocycles. The van der Waals surface area contributed by atoms with Gasteiger partial charge in [-0.1, -0.05) is 25.1 Å². The van der Waals surface area contributed by atoms with E-state index in [2.05, 4.69) is 12.2 Å². The van der Waals surface area contributed by atoms with Crippen LogP contribution in [0.2, 0.25) is 0 Å². The van der Waals surface area contributed by atoms with Crippen molar-refractivity contribution in [3.8, 4) is 0 Å². The highest BCUT2D eigenvalue weighted by molar-refractivity contribution is 5.96. The zero-order chi connectivity index (χ0) is 15.4. The van der Waals surface area contributed by atoms with Gasteiger partial charge in [-0.2, -0.15) is 0 Å². The van der Waals surface area contributed by atoms with E-state index in [1.54, 1.807) is 0 Å². The molecule has 4 heteroatoms. The maximum Gasteiger partial charge on any atom is 0.244 e. The van der Waals surface area contributed by atoms with Gasteiger partial charge in [0.1, 0.15) is 12.2 Å². The molecule has 116 valence electrons. The van der Waals surface area contributed by atoms with Crippen molar-refractivity contribution >= 4 is 11.6 Å². The largest absolute Gasteiger partial charge is 0.324 e. The summed E-state index contributed by atoms with van der Waals surface area (Å²) >= 11 is 0. The van der Waals surface area contributed by atoms with Gasteiger partial charge >= 0.3 is 0 Å². The van der Waals surface area contributed by atoms with Gasteiger partial charge in [0.25, 0.3) is 0 Å². The molecule has 3 nitrogen and oxygen atoms in total. The summed E-state index contributed by atoms with van der Waals surface area (Å²) in [4.78, 5) is 14.6. The zero-order valence-electron chi connectivity index (χ0n) is 13.2. The van der Waals surface area contributed by atoms with Crippen LogP contribution >= 0.6 is 0 Å². The minimum absolute atomic E-state index is 0.215. The van der Waals surface area contributed by atoms with E-state index in [0.717, 1.165) is 42.7 Å². The van der Waals surface area contributed by atoms with Crippen molar-refractivity contribution in [2.75, 3.05) is 18.4 Å². The normalized spacial score (nSPS) is 23.0. The number of hydrogen-bond donors (Lipinski definition) is 1. The fourth-order valence-electron chi connectivity index (χ4n) is 3.09. The number of halogens is 1. The fraction of sp³-hybridized carbons (Fsp3) is 0.588. The van der Waals surface area contributed by atoms with Crippen LogP contribution in [0.4, 0.5) is 10.1 Å². The monoisotopic (exact) mass is 292 g/mol. The van der Waals surface area contributed by atoms with Crippen LogP contribution in [0.25, 0.3) is 0 Å². The summed E-state index contributed by atoms with van der Waals surface area (Å²) in [6, 6.07) is 5.22. The Morgan fingerprint density at radius 1 is 1.38 bits per heavy atom. The van der Waals surface area contributed by atoms with Crippen molar-refractivity contribution in [3.63, 3.8) is 0 Å². The first kappa shape index (κ1) is 16.0. The van der Waals surface area contributed by atoms with Crippen molar-refractivity contribution in [1.82, 2.24) is 4.90 Å². The SMILES string of the molecule is CCCN1CCC[C@@H](F)[C@H]1C(=O)Nc1c(C)cccc1C. The van der Waals surface area contributed by atoms with Gasteiger partial charge in [-0.25, -0.2) is 4.39 Å². The molecule has 1 aliphatic rings. The number of benzene rings is 1. The second-order valence-electron chi connectivity index (χ2n) is 5.90. The Morgan fingerprint density at radius 3 is 2.67 bits per heavy atom. The highest BCUT2D eigenvalue weighted by Crippen LogP contribution is 2.24. The Labute approximate surface area is 126 Å². The quantitative estimate of drug-likeness (QED) is 0.922. The number of carbonyl (C=O) groups excluding carboxylic acids is 1. The summed E-state index contributed by atoms with van der Waals surface area (Å²) in [5.74, 6) is -0.215. The molecule has 0 spiro atoms. The molecule has 0 radical (unpaired) electrons. The van der Waals surface area contributed by atoms with E-state index in [1.807, 2.05) is 36.9 Å². The van der Waals surface area contributed by atoms with Crippen LogP contribution < -0.4 is 5.32 Å². The first-order valence-corrected chi connectivity index (χ1v) is 7.79. The lowest BCUT2D eigenvalue weighted by Crippen LogP contribution is -2.53. The van der Waals surface area contributed by atoms with Gasteiger partial charge in [0.05, 0.1) is 0 Å². The summed E-state index contributed by atoms with van der Waals surface area (Å²) < 4.78 is 14.3. The third-order valence-corrected chi connectivity index (χ3v) is 4.17. The Kier molecular flexibility index (Phi) is 5.34. The number of piperidine rings is 1. The van der Waals surface area contributed by atoms with Crippen molar-refractivity contribution in [2.45, 2.75) is 52.2 Å². The number of amides is 1. The van der Waals surface area contributed by atoms with Gasteiger partial charge in [0, 0.05) is 5.69 Å². The van der Waals surface area contributed by atoms with E-state index in [1.165, 1.54) is 0 Å². The van der Waals surface area contributed by atoms with Crippen LogP contribution in [-0.2, 0) is 4.79 Å². The highest BCUT2D eigenvalue weighted by Gasteiger charge is 2.36. The predicted molar refractivity (Wildman–Crippen MR) is 84.3 cm³/mol. The number of aryl methyl sites for hydroxylation is 2. The van der Waals surface area contributed by atoms with Gasteiger partial charge in [-0.15, -0.1) is 0 Å². The Bertz CT molecular complexity index is 481. The van der Waals surface area contributed by atoms with E-state index in [-0.39, 0.29) is 5.91 Å². The summed E-state index contributed by atoms with van der Waals surface area (Å²) in [6.07, 6.45) is 1.16. The number of hydrogen-bond acceptors (Lipinski definition) is 2. The standard InChI is InChI=1S/C17H25FN2O/c1-4-10-20-11-6-9-14(18)16(20)17(21)19-15-12(2)7-5-8-13(15)3/h5,7-8,14,16H,4,6,9-11H2,1-3H3,(H,19,21)/t14-,16+/m1/s1. The van der Waals surface area contributed by atoms with Crippen molar-refractivity contribution in [3.05, 3.63) is 29.3 Å². The minimum Gasteiger partial charge on any atom is -0.324 e. The number of anilines is 1. The molecule has 0 bridgehead atoms. The van der Waals surface area contributed by atoms with E-state index in [0.29, 0.717) is 6.42 Å². The average molecular weight is 292 g/mol. The number of rotatable bonds is 4. The lowest BCUT2D eigenvalue weighted by molar-refractivity contribution is -0.125. The molecule has 1 amide bonds. The third-order valence-electron chi connectivity index (χ3n) is 4.17. The van der Waals surface area contributed by atoms with Gasteiger partial charge in [-0.05, 0) is 57.3 Å². The van der Waals surface area contributed by atoms with Crippen LogP contribution in [0, 0.1) is 13.8 Å². The van der Waals surface area contributed by atoms with E-state index in [4.69, 9.17) is 0 Å². The molecule has 0 unspecified atom stereocenters. The van der Waals surface area contributed by atoms with E-state index >= 15 is 0 Å². The fourth-order valence-corrected chi connectivity index (χ4v) is 3.09. The van der Waals surface area contributed by atoms with Crippen molar-refractivity contribution in [1.29, 1.82) is 0 Å². The molecule has 1 aromatic carbocycles. The zero-order valence-corrected chi connectivity index (χ0v) is 13.2. The molecule has 2 rings (SSSR count). The molecule has 0 aromatic heterocycles. The second kappa shape index (κ2) is 7.03. The Hall–Kier alpha value is -1.42. The first-order chi connectivity index (χ1) is 10.0. The number of carbonyl (C=O) groups is 1. The maximum atomic E-state index is 14.3. The Morgan fingerprint density at radius 2 is 2.05 bits per heavy atom. The molecule has 21 heavy (non-hydrogen) atoms. The minimum atomic E-state index is -1.07. The lowest BCUT2D eigenvalue weighted by atomic mass is 9.98. The summed E-state index contributed by atoms with van der Waals surface area (Å²) in [5.41, 5.74) is 2.84. The van der Waals surface area contributed by atoms with Crippen LogP contribution in [0.15, 0.2) is 18.2 Å².